The van der Waals surface area contributed by atoms with Crippen LogP contribution in [0.1, 0.15) is 44.3 Å². The highest BCUT2D eigenvalue weighted by Crippen LogP contribution is 2.18. The third kappa shape index (κ3) is 8.01. The van der Waals surface area contributed by atoms with Gasteiger partial charge in [-0.05, 0) is 25.3 Å². The molecule has 1 atom stereocenters. The number of alkyl halides is 3. The molecule has 0 spiro atoms. The van der Waals surface area contributed by atoms with Crippen LogP contribution in [0.25, 0.3) is 0 Å². The van der Waals surface area contributed by atoms with E-state index in [9.17, 15) is 13.2 Å². The lowest BCUT2D eigenvalue weighted by Crippen LogP contribution is -2.17. The summed E-state index contributed by atoms with van der Waals surface area (Å²) in [4.78, 5) is 4.02. The number of nitrogens with two attached hydrogens (primary N) is 1. The second-order valence-corrected chi connectivity index (χ2v) is 4.98. The van der Waals surface area contributed by atoms with E-state index in [0.717, 1.165) is 25.7 Å². The first-order chi connectivity index (χ1) is 9.94. The van der Waals surface area contributed by atoms with Crippen molar-refractivity contribution in [3.8, 4) is 0 Å². The second kappa shape index (κ2) is 8.99. The lowest BCUT2D eigenvalue weighted by Gasteiger charge is -2.13. The maximum Gasteiger partial charge on any atom is 0.411 e. The van der Waals surface area contributed by atoms with Gasteiger partial charge in [0.05, 0.1) is 0 Å². The highest BCUT2D eigenvalue weighted by Gasteiger charge is 2.27. The van der Waals surface area contributed by atoms with Crippen LogP contribution in [0.4, 0.5) is 13.2 Å². The summed E-state index contributed by atoms with van der Waals surface area (Å²) in [7, 11) is 0. The van der Waals surface area contributed by atoms with Crippen LogP contribution in [0.15, 0.2) is 4.52 Å². The summed E-state index contributed by atoms with van der Waals surface area (Å²) in [6, 6.07) is 0. The first kappa shape index (κ1) is 17.9. The quantitative estimate of drug-likeness (QED) is 0.719. The maximum atomic E-state index is 11.9. The Morgan fingerprint density at radius 1 is 1.29 bits per heavy atom. The first-order valence-electron chi connectivity index (χ1n) is 7.10. The summed E-state index contributed by atoms with van der Waals surface area (Å²) in [5, 5.41) is 3.60. The number of hydrogen-bond donors (Lipinski definition) is 1. The molecule has 0 amide bonds. The van der Waals surface area contributed by atoms with Crippen LogP contribution in [0, 0.1) is 5.92 Å². The summed E-state index contributed by atoms with van der Waals surface area (Å²) >= 11 is 0. The molecule has 1 aromatic heterocycles. The maximum absolute atomic E-state index is 11.9. The van der Waals surface area contributed by atoms with Gasteiger partial charge in [0.1, 0.15) is 13.2 Å². The van der Waals surface area contributed by atoms with Gasteiger partial charge in [-0.15, -0.1) is 0 Å². The predicted molar refractivity (Wildman–Crippen MR) is 70.4 cm³/mol. The van der Waals surface area contributed by atoms with Gasteiger partial charge in [-0.2, -0.15) is 18.2 Å². The molecule has 1 heterocycles. The number of aromatic nitrogens is 2. The van der Waals surface area contributed by atoms with E-state index in [0.29, 0.717) is 24.8 Å². The number of aryl methyl sites for hydroxylation is 1. The molecule has 5 nitrogen and oxygen atoms in total. The summed E-state index contributed by atoms with van der Waals surface area (Å²) in [5.41, 5.74) is 5.56. The van der Waals surface area contributed by atoms with E-state index in [4.69, 9.17) is 10.3 Å². The zero-order valence-electron chi connectivity index (χ0n) is 12.2. The van der Waals surface area contributed by atoms with Gasteiger partial charge >= 0.3 is 6.18 Å². The molecule has 0 fully saturated rings. The van der Waals surface area contributed by atoms with Gasteiger partial charge in [-0.1, -0.05) is 24.9 Å². The number of halogens is 3. The van der Waals surface area contributed by atoms with Crippen molar-refractivity contribution < 1.29 is 22.4 Å². The predicted octanol–water partition coefficient (Wildman–Crippen LogP) is 2.85. The Morgan fingerprint density at radius 3 is 2.67 bits per heavy atom. The Hall–Kier alpha value is -1.15. The van der Waals surface area contributed by atoms with Gasteiger partial charge in [-0.25, -0.2) is 0 Å². The van der Waals surface area contributed by atoms with E-state index in [-0.39, 0.29) is 12.4 Å². The van der Waals surface area contributed by atoms with Crippen LogP contribution in [-0.2, 0) is 17.8 Å². The smallest absolute Gasteiger partial charge is 0.364 e. The molecular formula is C13H22F3N3O2. The molecule has 122 valence electrons. The van der Waals surface area contributed by atoms with Gasteiger partial charge < -0.3 is 15.0 Å². The summed E-state index contributed by atoms with van der Waals surface area (Å²) < 4.78 is 45.2. The highest BCUT2D eigenvalue weighted by atomic mass is 19.4. The summed E-state index contributed by atoms with van der Waals surface area (Å²) in [5.74, 6) is 1.08. The van der Waals surface area contributed by atoms with E-state index < -0.39 is 12.8 Å². The fourth-order valence-corrected chi connectivity index (χ4v) is 2.11. The van der Waals surface area contributed by atoms with Crippen LogP contribution in [0.5, 0.6) is 0 Å². The molecule has 21 heavy (non-hydrogen) atoms. The number of rotatable bonds is 10. The minimum atomic E-state index is -4.35. The van der Waals surface area contributed by atoms with Gasteiger partial charge in [0.2, 0.25) is 5.89 Å². The number of hydrogen-bond acceptors (Lipinski definition) is 5. The molecule has 1 rings (SSSR count). The Bertz CT molecular complexity index is 390. The molecule has 2 N–H and O–H groups in total. The van der Waals surface area contributed by atoms with Crippen LogP contribution in [0.2, 0.25) is 0 Å². The number of ether oxygens (including phenoxy) is 1. The normalized spacial score (nSPS) is 13.6. The lowest BCUT2D eigenvalue weighted by atomic mass is 9.94. The molecule has 0 radical (unpaired) electrons. The van der Waals surface area contributed by atoms with Crippen molar-refractivity contribution in [1.29, 1.82) is 0 Å². The fourth-order valence-electron chi connectivity index (χ4n) is 2.11. The average Bonchev–Trinajstić information content (AvgIpc) is 2.83. The summed E-state index contributed by atoms with van der Waals surface area (Å²) in [6.45, 7) is 1.15. The molecule has 0 aromatic carbocycles. The van der Waals surface area contributed by atoms with Crippen LogP contribution >= 0.6 is 0 Å². The van der Waals surface area contributed by atoms with Crippen LogP contribution in [-0.4, -0.2) is 29.5 Å². The van der Waals surface area contributed by atoms with E-state index in [1.165, 1.54) is 0 Å². The van der Waals surface area contributed by atoms with Crippen molar-refractivity contribution in [2.75, 3.05) is 13.2 Å². The molecule has 0 saturated carbocycles. The molecule has 0 aliphatic rings. The van der Waals surface area contributed by atoms with Crippen LogP contribution < -0.4 is 5.73 Å². The van der Waals surface area contributed by atoms with Gasteiger partial charge in [0, 0.05) is 6.42 Å². The molecule has 1 unspecified atom stereocenters. The Kier molecular flexibility index (Phi) is 7.66. The third-order valence-electron chi connectivity index (χ3n) is 3.05. The molecule has 0 bridgehead atoms. The minimum Gasteiger partial charge on any atom is -0.364 e. The van der Waals surface area contributed by atoms with Crippen molar-refractivity contribution in [1.82, 2.24) is 10.1 Å². The largest absolute Gasteiger partial charge is 0.411 e. The molecule has 0 aliphatic heterocycles. The van der Waals surface area contributed by atoms with Crippen LogP contribution in [0.3, 0.4) is 0 Å². The van der Waals surface area contributed by atoms with E-state index in [1.807, 2.05) is 0 Å². The molecule has 0 saturated heterocycles. The lowest BCUT2D eigenvalue weighted by molar-refractivity contribution is -0.177. The van der Waals surface area contributed by atoms with E-state index in [1.54, 1.807) is 0 Å². The fraction of sp³-hybridized carbons (Fsp3) is 0.846. The van der Waals surface area contributed by atoms with E-state index >= 15 is 0 Å². The Morgan fingerprint density at radius 2 is 2.05 bits per heavy atom. The van der Waals surface area contributed by atoms with Gasteiger partial charge in [-0.3, -0.25) is 0 Å². The van der Waals surface area contributed by atoms with Crippen molar-refractivity contribution >= 4 is 0 Å². The Balaban J connectivity index is 2.33. The average molecular weight is 309 g/mol. The van der Waals surface area contributed by atoms with Gasteiger partial charge in [0.25, 0.3) is 0 Å². The topological polar surface area (TPSA) is 74.2 Å². The van der Waals surface area contributed by atoms with Gasteiger partial charge in [0.15, 0.2) is 5.82 Å². The van der Waals surface area contributed by atoms with Crippen molar-refractivity contribution in [3.63, 3.8) is 0 Å². The highest BCUT2D eigenvalue weighted by molar-refractivity contribution is 4.85. The van der Waals surface area contributed by atoms with Crippen molar-refractivity contribution in [2.45, 2.75) is 51.8 Å². The summed E-state index contributed by atoms with van der Waals surface area (Å²) in [6.07, 6.45) is 0.274. The van der Waals surface area contributed by atoms with Crippen molar-refractivity contribution in [3.05, 3.63) is 11.7 Å². The first-order valence-corrected chi connectivity index (χ1v) is 7.10. The van der Waals surface area contributed by atoms with E-state index in [2.05, 4.69) is 21.8 Å². The molecular weight excluding hydrogens is 287 g/mol. The SMILES string of the molecule is CCCC(CCN)CCc1nc(COCC(F)(F)F)no1. The molecule has 0 aliphatic carbocycles. The number of nitrogens with zero attached hydrogens (tertiary/aromatic N) is 2. The zero-order chi connectivity index (χ0) is 15.7. The standard InChI is InChI=1S/C13H22F3N3O2/c1-2-3-10(6-7-17)4-5-12-18-11(19-21-12)8-20-9-13(14,15)16/h10H,2-9,17H2,1H3. The van der Waals surface area contributed by atoms with Crippen molar-refractivity contribution in [2.24, 2.45) is 11.7 Å². The molecule has 8 heteroatoms. The minimum absolute atomic E-state index is 0.139. The monoisotopic (exact) mass is 309 g/mol. The zero-order valence-corrected chi connectivity index (χ0v) is 12.2. The second-order valence-electron chi connectivity index (χ2n) is 4.98. The Labute approximate surface area is 122 Å². The molecule has 1 aromatic rings. The third-order valence-corrected chi connectivity index (χ3v) is 3.05.